The summed E-state index contributed by atoms with van der Waals surface area (Å²) >= 11 is 0. The number of rotatable bonds is 48. The number of nitrogens with one attached hydrogen (secondary N) is 1. The minimum Gasteiger partial charge on any atom is -0.466 e. The Morgan fingerprint density at radius 3 is 0.804 bits per heavy atom. The van der Waals surface area contributed by atoms with Crippen LogP contribution in [-0.4, -0.2) is 257 Å². The molecule has 7 rings (SSSR count). The maximum Gasteiger partial charge on any atom is 0.332 e. The highest BCUT2D eigenvalue weighted by Gasteiger charge is 2.51. The molecule has 148 heavy (non-hydrogen) atoms. The first-order valence-electron chi connectivity index (χ1n) is 49.4. The predicted molar refractivity (Wildman–Crippen MR) is 531 cm³/mol. The number of ether oxygens (including phenoxy) is 14. The monoisotopic (exact) mass is 2090 g/mol. The van der Waals surface area contributed by atoms with Gasteiger partial charge in [0.1, 0.15) is 166 Å². The summed E-state index contributed by atoms with van der Waals surface area (Å²) in [5, 5.41) is 3.01. The topological polar surface area (TPSA) is 568 Å². The molecule has 6 fully saturated rings. The van der Waals surface area contributed by atoms with Crippen molar-refractivity contribution >= 4 is 147 Å². The zero-order valence-corrected chi connectivity index (χ0v) is 88.2. The van der Waals surface area contributed by atoms with Crippen molar-refractivity contribution in [1.29, 1.82) is 0 Å². The van der Waals surface area contributed by atoms with E-state index in [1.165, 1.54) is 107 Å². The summed E-state index contributed by atoms with van der Waals surface area (Å²) < 4.78 is 70.8. The second kappa shape index (κ2) is 77.5. The van der Waals surface area contributed by atoms with Crippen LogP contribution in [0.15, 0.2) is 36.0 Å². The fourth-order valence-electron chi connectivity index (χ4n) is 15.6. The van der Waals surface area contributed by atoms with Crippen molar-refractivity contribution in [1.82, 2.24) is 5.32 Å². The highest BCUT2D eigenvalue weighted by molar-refractivity contribution is 6.11. The van der Waals surface area contributed by atoms with Crippen molar-refractivity contribution in [2.24, 2.45) is 46.8 Å². The molecule has 1 N–H and O–H groups in total. The van der Waals surface area contributed by atoms with Crippen LogP contribution >= 0.6 is 0 Å². The molecular weight excluding hydrogens is 1940 g/mol. The van der Waals surface area contributed by atoms with Gasteiger partial charge in [-0.1, -0.05) is 28.2 Å². The Morgan fingerprint density at radius 2 is 0.561 bits per heavy atom. The lowest BCUT2D eigenvalue weighted by Gasteiger charge is -2.46. The Kier molecular flexibility index (Phi) is 71.9. The van der Waals surface area contributed by atoms with Gasteiger partial charge >= 0.3 is 71.6 Å². The summed E-state index contributed by atoms with van der Waals surface area (Å²) in [5.41, 5.74) is 1.82. The smallest absolute Gasteiger partial charge is 0.332 e. The van der Waals surface area contributed by atoms with Crippen molar-refractivity contribution in [3.63, 3.8) is 0 Å². The molecule has 6 aliphatic rings. The van der Waals surface area contributed by atoms with E-state index >= 15 is 0 Å². The van der Waals surface area contributed by atoms with Gasteiger partial charge in [0.2, 0.25) is 11.6 Å². The highest BCUT2D eigenvalue weighted by atomic mass is 16.7. The minimum atomic E-state index is -0.657. The second-order valence-corrected chi connectivity index (χ2v) is 37.3. The lowest BCUT2D eigenvalue weighted by Crippen LogP contribution is -2.39. The van der Waals surface area contributed by atoms with Gasteiger partial charge < -0.3 is 71.6 Å². The van der Waals surface area contributed by atoms with Crippen LogP contribution in [0.5, 0.6) is 0 Å². The molecule has 0 spiro atoms. The van der Waals surface area contributed by atoms with Gasteiger partial charge in [0.15, 0.2) is 12.2 Å². The zero-order chi connectivity index (χ0) is 111. The van der Waals surface area contributed by atoms with E-state index in [0.29, 0.717) is 98.8 Å². The summed E-state index contributed by atoms with van der Waals surface area (Å²) in [6.45, 7) is 30.5. The van der Waals surface area contributed by atoms with E-state index in [9.17, 15) is 120 Å². The SMILES string of the molecule is C.C#CC(=O)c1ccc(C(=O)C#C)cc1.CC(=O)CC(=O)OC1COC2C(OC(=O)CC(C)=O)COC12.CC(=O)CC(=O)OCC1CCC(C(C)(C)C2CCC(OC(=O)CC(C)=O)CC2)CC1.CC(=O)CC(=O)OCC1CCC(COC(=O)CC(C)=O)CC1.CC(=O)CC(=O)OCC1CCC(COC(=O)CC(C)=O)CC1.CC(=O)CC(=O)OCCOC(=O)CC(C)=O.CCCOC(=O)/C=C(/C)NCC.CCOC(=O)CC(C)=O. The van der Waals surface area contributed by atoms with Gasteiger partial charge in [-0.2, -0.15) is 0 Å². The molecule has 0 radical (unpaired) electrons. The van der Waals surface area contributed by atoms with Crippen LogP contribution in [0, 0.1) is 71.5 Å². The van der Waals surface area contributed by atoms with Crippen LogP contribution in [0.4, 0.5) is 0 Å². The van der Waals surface area contributed by atoms with E-state index in [1.807, 2.05) is 32.6 Å². The lowest BCUT2D eigenvalue weighted by atomic mass is 9.60. The maximum atomic E-state index is 11.7. The summed E-state index contributed by atoms with van der Waals surface area (Å²) in [7, 11) is 0. The Labute approximate surface area is 867 Å². The molecule has 4 aliphatic carbocycles. The van der Waals surface area contributed by atoms with Crippen LogP contribution in [0.25, 0.3) is 0 Å². The fourth-order valence-corrected chi connectivity index (χ4v) is 15.6. The molecule has 0 aromatic heterocycles. The number of esters is 12. The van der Waals surface area contributed by atoms with E-state index < -0.39 is 102 Å². The molecule has 0 amide bonds. The fraction of sp³-hybridized carbons (Fsp3) is 0.657. The average Bonchev–Trinajstić information content (AvgIpc) is 1.61. The molecule has 1 aromatic carbocycles. The number of carbonyl (C=O) groups excluding carboxylic acids is 25. The summed E-state index contributed by atoms with van der Waals surface area (Å²) in [4.78, 5) is 275. The number of terminal acetylenes is 2. The number of benzene rings is 1. The maximum absolute atomic E-state index is 11.7. The van der Waals surface area contributed by atoms with Crippen LogP contribution in [0.3, 0.4) is 0 Å². The quantitative estimate of drug-likeness (QED) is 0.00925. The van der Waals surface area contributed by atoms with Gasteiger partial charge in [-0.05, 0) is 289 Å². The van der Waals surface area contributed by atoms with Crippen LogP contribution in [-0.2, 0) is 177 Å². The molecule has 40 nitrogen and oxygen atoms in total. The number of fused-ring (bicyclic) bond motifs is 1. The van der Waals surface area contributed by atoms with Crippen LogP contribution in [0.1, 0.15) is 326 Å². The van der Waals surface area contributed by atoms with E-state index in [0.717, 1.165) is 121 Å². The first-order chi connectivity index (χ1) is 69.1. The molecule has 2 aliphatic heterocycles. The second-order valence-electron chi connectivity index (χ2n) is 37.3. The molecule has 4 saturated carbocycles. The van der Waals surface area contributed by atoms with Crippen molar-refractivity contribution in [2.45, 2.75) is 335 Å². The third-order valence-electron chi connectivity index (χ3n) is 22.9. The number of Topliss-reactive ketones (excluding diaryl/α,β-unsaturated/α-hetero) is 13. The number of hydrogen-bond donors (Lipinski definition) is 1. The third-order valence-corrected chi connectivity index (χ3v) is 22.9. The summed E-state index contributed by atoms with van der Waals surface area (Å²) in [6, 6.07) is 5.92. The minimum absolute atomic E-state index is 0. The zero-order valence-electron chi connectivity index (χ0n) is 88.2. The Bertz CT molecular complexity index is 4380. The largest absolute Gasteiger partial charge is 0.466 e. The molecule has 1 aromatic rings. The summed E-state index contributed by atoms with van der Waals surface area (Å²) in [6.07, 6.45) is 23.1. The number of allylic oxidation sites excluding steroid dienone is 1. The molecule has 4 unspecified atom stereocenters. The van der Waals surface area contributed by atoms with Crippen LogP contribution < -0.4 is 5.32 Å². The van der Waals surface area contributed by atoms with E-state index in [4.69, 9.17) is 65.0 Å². The Hall–Kier alpha value is -12.8. The van der Waals surface area contributed by atoms with Gasteiger partial charge in [0.25, 0.3) is 0 Å². The van der Waals surface area contributed by atoms with Gasteiger partial charge in [-0.25, -0.2) is 4.79 Å². The van der Waals surface area contributed by atoms with Gasteiger partial charge in [-0.15, -0.1) is 12.8 Å². The lowest BCUT2D eigenvalue weighted by molar-refractivity contribution is -0.157. The Morgan fingerprint density at radius 1 is 0.324 bits per heavy atom. The first-order valence-corrected chi connectivity index (χ1v) is 49.4. The van der Waals surface area contributed by atoms with E-state index in [-0.39, 0.29) is 186 Å². The highest BCUT2D eigenvalue weighted by Crippen LogP contribution is 2.50. The number of ketones is 13. The standard InChI is InChI=1S/C24H38O6.2C16H24O6.C14H18O8.C12H6O2.C10H14O6.C9H17NO2.C6H10O3.CH4/c1-16(25)13-22(27)29-15-18-5-7-19(8-6-18)24(3,4)20-9-11-21(12-10-20)30-23(28)14-17(2)26;2*1-11(17)7-15(19)21-9-13-3-5-14(6-4-13)10-22-16(20)8-12(2)18;1-7(15)3-11(17)21-9-5-19-14-10(6-20-13(9)14)22-12(18)4-8(2)16;1-3-11(13)9-5-7-10(8-6-9)12(14)4-2;1-7(11)5-9(13)15-3-4-16-10(14)6-8(2)12;1-4-6-12-9(11)7-8(3)10-5-2;1-3-9-6(8)4-5(2)7;/h18-21H,5-15H2,1-4H3;2*13-14H,3-10H2,1-2H3;9-10,13-14H,3-6H2,1-2H3;1-2,5-8H;3-6H2,1-2H3;7,10H,4-6H2,1-3H3;3-4H2,1-2H3;1H4/b;;;;;;8-7-;;. The third kappa shape index (κ3) is 67.8. The first kappa shape index (κ1) is 137. The van der Waals surface area contributed by atoms with Crippen molar-refractivity contribution in [3.8, 4) is 24.7 Å². The van der Waals surface area contributed by atoms with Gasteiger partial charge in [-0.3, -0.25) is 115 Å². The van der Waals surface area contributed by atoms with Crippen molar-refractivity contribution < 1.29 is 186 Å². The van der Waals surface area contributed by atoms with Crippen LogP contribution in [0.2, 0.25) is 0 Å². The molecular formula is C108H155NO39. The van der Waals surface area contributed by atoms with Crippen molar-refractivity contribution in [3.05, 3.63) is 47.2 Å². The number of carbonyl (C=O) groups is 25. The molecule has 2 heterocycles. The molecule has 4 atom stereocenters. The molecule has 2 saturated heterocycles. The van der Waals surface area contributed by atoms with E-state index in [2.05, 4.69) is 33.4 Å². The Balaban J connectivity index is 0. The summed E-state index contributed by atoms with van der Waals surface area (Å²) in [5.74, 6) is -2.37. The number of hydrogen-bond acceptors (Lipinski definition) is 40. The normalized spacial score (nSPS) is 19.4. The predicted octanol–water partition coefficient (Wildman–Crippen LogP) is 11.6. The average molecular weight is 2090 g/mol. The van der Waals surface area contributed by atoms with E-state index in [1.54, 1.807) is 6.92 Å². The molecule has 40 heteroatoms. The van der Waals surface area contributed by atoms with Gasteiger partial charge in [0, 0.05) is 29.4 Å². The van der Waals surface area contributed by atoms with Crippen molar-refractivity contribution in [2.75, 3.05) is 79.2 Å². The molecule has 0 bridgehead atoms. The van der Waals surface area contributed by atoms with Gasteiger partial charge in [0.05, 0.1) is 59.5 Å². The molecule has 826 valence electrons.